The molecule has 1 aromatic carbocycles. The van der Waals surface area contributed by atoms with Crippen LogP contribution in [-0.4, -0.2) is 11.0 Å². The summed E-state index contributed by atoms with van der Waals surface area (Å²) in [6, 6.07) is 7.98. The third-order valence-electron chi connectivity index (χ3n) is 3.88. The van der Waals surface area contributed by atoms with Gasteiger partial charge in [0.2, 0.25) is 0 Å². The second-order valence-corrected chi connectivity index (χ2v) is 6.31. The van der Waals surface area contributed by atoms with Crippen LogP contribution in [0.2, 0.25) is 10.2 Å². The number of hydrogen-bond acceptors (Lipinski definition) is 5. The molecule has 0 unspecified atom stereocenters. The number of hydrogen-bond donors (Lipinski definition) is 0. The highest BCUT2D eigenvalue weighted by Crippen LogP contribution is 2.24. The van der Waals surface area contributed by atoms with Gasteiger partial charge in [-0.15, -0.1) is 0 Å². The lowest BCUT2D eigenvalue weighted by Gasteiger charge is -2.10. The lowest BCUT2D eigenvalue weighted by atomic mass is 10.0. The van der Waals surface area contributed by atoms with E-state index in [4.69, 9.17) is 32.4 Å². The predicted molar refractivity (Wildman–Crippen MR) is 95.3 cm³/mol. The quantitative estimate of drug-likeness (QED) is 0.382. The van der Waals surface area contributed by atoms with Gasteiger partial charge in [-0.2, -0.15) is 0 Å². The van der Waals surface area contributed by atoms with Gasteiger partial charge >= 0.3 is 11.6 Å². The number of aryl methyl sites for hydroxylation is 2. The molecule has 2 aromatic heterocycles. The monoisotopic (exact) mass is 377 g/mol. The second-order valence-electron chi connectivity index (χ2n) is 5.52. The Kier molecular flexibility index (Phi) is 4.79. The smallest absolute Gasteiger partial charge is 0.358 e. The molecule has 0 spiro atoms. The summed E-state index contributed by atoms with van der Waals surface area (Å²) >= 11 is 11.7. The Morgan fingerprint density at radius 2 is 1.96 bits per heavy atom. The van der Waals surface area contributed by atoms with Gasteiger partial charge in [0.15, 0.2) is 5.69 Å². The summed E-state index contributed by atoms with van der Waals surface area (Å²) < 4.78 is 10.6. The highest BCUT2D eigenvalue weighted by molar-refractivity contribution is 6.34. The fourth-order valence-electron chi connectivity index (χ4n) is 2.42. The number of ether oxygens (including phenoxy) is 1. The number of esters is 1. The highest BCUT2D eigenvalue weighted by Gasteiger charge is 2.16. The van der Waals surface area contributed by atoms with Crippen molar-refractivity contribution < 1.29 is 13.9 Å². The van der Waals surface area contributed by atoms with Crippen LogP contribution >= 0.6 is 23.2 Å². The van der Waals surface area contributed by atoms with Gasteiger partial charge < -0.3 is 9.15 Å². The van der Waals surface area contributed by atoms with Crippen LogP contribution in [0.4, 0.5) is 0 Å². The van der Waals surface area contributed by atoms with E-state index in [1.54, 1.807) is 0 Å². The van der Waals surface area contributed by atoms with Gasteiger partial charge in [0.05, 0.1) is 5.02 Å². The van der Waals surface area contributed by atoms with E-state index in [0.29, 0.717) is 16.5 Å². The lowest BCUT2D eigenvalue weighted by molar-refractivity contribution is 0.0467. The minimum Gasteiger partial charge on any atom is -0.456 e. The van der Waals surface area contributed by atoms with Crippen molar-refractivity contribution in [3.63, 3.8) is 0 Å². The zero-order chi connectivity index (χ0) is 18.1. The zero-order valence-electron chi connectivity index (χ0n) is 13.4. The van der Waals surface area contributed by atoms with E-state index < -0.39 is 11.6 Å². The molecular weight excluding hydrogens is 365 g/mol. The highest BCUT2D eigenvalue weighted by atomic mass is 35.5. The fraction of sp³-hybridized carbons (Fsp3) is 0.167. The molecular formula is C18H13Cl2NO4. The molecule has 0 radical (unpaired) electrons. The third-order valence-corrected chi connectivity index (χ3v) is 4.40. The maximum absolute atomic E-state index is 12.2. The van der Waals surface area contributed by atoms with Gasteiger partial charge in [-0.3, -0.25) is 0 Å². The average Bonchev–Trinajstić information content (AvgIpc) is 2.58. The van der Waals surface area contributed by atoms with Gasteiger partial charge in [-0.1, -0.05) is 35.3 Å². The van der Waals surface area contributed by atoms with Crippen LogP contribution in [0, 0.1) is 13.8 Å². The van der Waals surface area contributed by atoms with Crippen molar-refractivity contribution in [3.8, 4) is 0 Å². The van der Waals surface area contributed by atoms with E-state index in [9.17, 15) is 9.59 Å². The van der Waals surface area contributed by atoms with E-state index in [2.05, 4.69) is 4.98 Å². The Morgan fingerprint density at radius 3 is 2.72 bits per heavy atom. The first-order chi connectivity index (χ1) is 11.9. The van der Waals surface area contributed by atoms with Crippen molar-refractivity contribution in [2.45, 2.75) is 20.5 Å². The Morgan fingerprint density at radius 1 is 1.20 bits per heavy atom. The number of fused-ring (bicyclic) bond motifs is 1. The molecule has 0 aliphatic carbocycles. The molecule has 2 heterocycles. The van der Waals surface area contributed by atoms with E-state index in [0.717, 1.165) is 11.1 Å². The fourth-order valence-corrected chi connectivity index (χ4v) is 2.75. The SMILES string of the molecule is Cc1ccc2c(COC(=O)c3nc(Cl)ccc3Cl)cc(=O)oc2c1C. The summed E-state index contributed by atoms with van der Waals surface area (Å²) in [5, 5.41) is 0.979. The number of rotatable bonds is 3. The van der Waals surface area contributed by atoms with Gasteiger partial charge in [0, 0.05) is 17.0 Å². The molecule has 3 aromatic rings. The number of halogens is 2. The summed E-state index contributed by atoms with van der Waals surface area (Å²) in [6.07, 6.45) is 0. The number of pyridine rings is 1. The largest absolute Gasteiger partial charge is 0.456 e. The van der Waals surface area contributed by atoms with E-state index in [1.807, 2.05) is 26.0 Å². The molecule has 128 valence electrons. The Labute approximate surface area is 153 Å². The molecule has 5 nitrogen and oxygen atoms in total. The molecule has 3 rings (SSSR count). The van der Waals surface area contributed by atoms with E-state index in [1.165, 1.54) is 18.2 Å². The van der Waals surface area contributed by atoms with Gasteiger partial charge in [0.1, 0.15) is 17.3 Å². The van der Waals surface area contributed by atoms with Crippen LogP contribution in [0.1, 0.15) is 27.2 Å². The van der Waals surface area contributed by atoms with Crippen molar-refractivity contribution in [1.82, 2.24) is 4.98 Å². The van der Waals surface area contributed by atoms with Crippen LogP contribution in [0.25, 0.3) is 11.0 Å². The van der Waals surface area contributed by atoms with Crippen LogP contribution in [0.15, 0.2) is 39.5 Å². The van der Waals surface area contributed by atoms with Crippen LogP contribution in [0.3, 0.4) is 0 Å². The summed E-state index contributed by atoms with van der Waals surface area (Å²) in [5.74, 6) is -0.724. The third kappa shape index (κ3) is 3.52. The zero-order valence-corrected chi connectivity index (χ0v) is 14.9. The first-order valence-corrected chi connectivity index (χ1v) is 8.14. The number of nitrogens with zero attached hydrogens (tertiary/aromatic N) is 1. The van der Waals surface area contributed by atoms with Crippen molar-refractivity contribution >= 4 is 40.1 Å². The minimum atomic E-state index is -0.724. The normalized spacial score (nSPS) is 10.9. The Bertz CT molecular complexity index is 1040. The molecule has 0 fully saturated rings. The molecule has 0 aliphatic rings. The van der Waals surface area contributed by atoms with Crippen molar-refractivity contribution in [3.05, 3.63) is 73.3 Å². The molecule has 0 saturated heterocycles. The van der Waals surface area contributed by atoms with Crippen molar-refractivity contribution in [1.29, 1.82) is 0 Å². The molecule has 0 amide bonds. The summed E-state index contributed by atoms with van der Waals surface area (Å²) in [5.41, 5.74) is 2.31. The number of benzene rings is 1. The van der Waals surface area contributed by atoms with Crippen LogP contribution in [0.5, 0.6) is 0 Å². The van der Waals surface area contributed by atoms with Crippen molar-refractivity contribution in [2.24, 2.45) is 0 Å². The minimum absolute atomic E-state index is 0.0755. The number of carbonyl (C=O) groups is 1. The average molecular weight is 378 g/mol. The maximum Gasteiger partial charge on any atom is 0.358 e. The van der Waals surface area contributed by atoms with Gasteiger partial charge in [-0.05, 0) is 37.1 Å². The second kappa shape index (κ2) is 6.86. The van der Waals surface area contributed by atoms with Gasteiger partial charge in [0.25, 0.3) is 0 Å². The first kappa shape index (κ1) is 17.5. The molecule has 0 bridgehead atoms. The maximum atomic E-state index is 12.2. The predicted octanol–water partition coefficient (Wildman–Crippen LogP) is 4.47. The first-order valence-electron chi connectivity index (χ1n) is 7.39. The standard InChI is InChI=1S/C18H13Cl2NO4/c1-9-3-4-12-11(7-15(22)25-17(12)10(9)2)8-24-18(23)16-13(19)5-6-14(20)21-16/h3-7H,8H2,1-2H3. The van der Waals surface area contributed by atoms with Crippen molar-refractivity contribution in [2.75, 3.05) is 0 Å². The number of aromatic nitrogens is 1. The summed E-state index contributed by atoms with van der Waals surface area (Å²) in [6.45, 7) is 3.67. The molecule has 7 heteroatoms. The molecule has 0 aliphatic heterocycles. The Hall–Kier alpha value is -2.37. The van der Waals surface area contributed by atoms with Gasteiger partial charge in [-0.25, -0.2) is 14.6 Å². The summed E-state index contributed by atoms with van der Waals surface area (Å²) in [7, 11) is 0. The van der Waals surface area contributed by atoms with Crippen LogP contribution < -0.4 is 5.63 Å². The lowest BCUT2D eigenvalue weighted by Crippen LogP contribution is -2.10. The molecule has 0 N–H and O–H groups in total. The topological polar surface area (TPSA) is 69.4 Å². The van der Waals surface area contributed by atoms with Crippen LogP contribution in [-0.2, 0) is 11.3 Å². The van der Waals surface area contributed by atoms with E-state index >= 15 is 0 Å². The molecule has 25 heavy (non-hydrogen) atoms. The molecule has 0 saturated carbocycles. The molecule has 0 atom stereocenters. The Balaban J connectivity index is 1.93. The number of carbonyl (C=O) groups excluding carboxylic acids is 1. The van der Waals surface area contributed by atoms with E-state index in [-0.39, 0.29) is 22.5 Å². The summed E-state index contributed by atoms with van der Waals surface area (Å²) in [4.78, 5) is 27.9.